The predicted molar refractivity (Wildman–Crippen MR) is 49.7 cm³/mol. The molecule has 0 N–H and O–H groups in total. The Hall–Kier alpha value is -0.750. The smallest absolute Gasteiger partial charge is 0.282 e. The van der Waals surface area contributed by atoms with Crippen molar-refractivity contribution in [1.29, 1.82) is 0 Å². The number of carbonyl (C=O) groups excluding carboxylic acids is 1. The van der Waals surface area contributed by atoms with Crippen molar-refractivity contribution in [3.8, 4) is 0 Å². The van der Waals surface area contributed by atoms with Crippen LogP contribution >= 0.6 is 22.9 Å². The lowest BCUT2D eigenvalue weighted by Gasteiger charge is -2.38. The molecule has 1 aromatic rings. The number of halogens is 3. The second-order valence-corrected chi connectivity index (χ2v) is 4.35. The van der Waals surface area contributed by atoms with Crippen molar-refractivity contribution < 1.29 is 13.6 Å². The molecule has 0 spiro atoms. The van der Waals surface area contributed by atoms with Crippen LogP contribution in [0.3, 0.4) is 0 Å². The van der Waals surface area contributed by atoms with Crippen LogP contribution in [-0.4, -0.2) is 30.3 Å². The van der Waals surface area contributed by atoms with Crippen LogP contribution in [0.25, 0.3) is 0 Å². The van der Waals surface area contributed by atoms with Gasteiger partial charge in [-0.15, -0.1) is 0 Å². The highest BCUT2D eigenvalue weighted by Crippen LogP contribution is 2.36. The molecule has 1 fully saturated rings. The van der Waals surface area contributed by atoms with Crippen LogP contribution in [0.15, 0.2) is 0 Å². The summed E-state index contributed by atoms with van der Waals surface area (Å²) in [5.74, 6) is -2.64. The van der Waals surface area contributed by atoms with Gasteiger partial charge in [0.25, 0.3) is 5.92 Å². The Balaban J connectivity index is 2.15. The van der Waals surface area contributed by atoms with E-state index in [1.165, 1.54) is 4.90 Å². The molecule has 0 aliphatic carbocycles. The summed E-state index contributed by atoms with van der Waals surface area (Å²) in [6.45, 7) is -0.704. The molecule has 1 aliphatic heterocycles. The summed E-state index contributed by atoms with van der Waals surface area (Å²) in [5, 5.41) is 0.457. The maximum atomic E-state index is 12.5. The van der Waals surface area contributed by atoms with Crippen molar-refractivity contribution in [3.63, 3.8) is 0 Å². The molecule has 2 rings (SSSR count). The average molecular weight is 239 g/mol. The van der Waals surface area contributed by atoms with E-state index in [4.69, 9.17) is 11.6 Å². The minimum absolute atomic E-state index is 0.0789. The number of rotatable bonds is 2. The molecule has 0 amide bonds. The van der Waals surface area contributed by atoms with Gasteiger partial charge in [0, 0.05) is 0 Å². The number of aldehydes is 1. The van der Waals surface area contributed by atoms with Crippen molar-refractivity contribution in [2.75, 3.05) is 18.0 Å². The van der Waals surface area contributed by atoms with E-state index in [2.05, 4.69) is 4.98 Å². The van der Waals surface area contributed by atoms with Crippen molar-refractivity contribution in [1.82, 2.24) is 4.98 Å². The molecule has 0 unspecified atom stereocenters. The van der Waals surface area contributed by atoms with E-state index in [1.54, 1.807) is 0 Å². The molecule has 1 aliphatic rings. The maximum absolute atomic E-state index is 12.5. The molecule has 14 heavy (non-hydrogen) atoms. The molecule has 0 atom stereocenters. The fraction of sp³-hybridized carbons (Fsp3) is 0.429. The summed E-state index contributed by atoms with van der Waals surface area (Å²) in [6, 6.07) is 0. The van der Waals surface area contributed by atoms with Gasteiger partial charge in [0.2, 0.25) is 0 Å². The average Bonchev–Trinajstić information content (AvgIpc) is 2.42. The molecule has 2 heterocycles. The standard InChI is InChI=1S/C7H5ClF2N2OS/c8-5-4(1-13)14-6(11-5)12-2-7(9,10)3-12/h1H,2-3H2. The monoisotopic (exact) mass is 238 g/mol. The molecular formula is C7H5ClF2N2OS. The number of alkyl halides is 2. The lowest BCUT2D eigenvalue weighted by Crippen LogP contribution is -2.56. The van der Waals surface area contributed by atoms with E-state index < -0.39 is 5.92 Å². The second kappa shape index (κ2) is 3.13. The number of hydrogen-bond donors (Lipinski definition) is 0. The summed E-state index contributed by atoms with van der Waals surface area (Å²) in [7, 11) is 0. The van der Waals surface area contributed by atoms with E-state index in [1.807, 2.05) is 0 Å². The molecule has 0 radical (unpaired) electrons. The first kappa shape index (κ1) is 9.79. The molecule has 0 bridgehead atoms. The van der Waals surface area contributed by atoms with Crippen molar-refractivity contribution in [3.05, 3.63) is 10.0 Å². The van der Waals surface area contributed by atoms with Crippen LogP contribution in [0.5, 0.6) is 0 Å². The van der Waals surface area contributed by atoms with Gasteiger partial charge in [0.05, 0.1) is 13.1 Å². The summed E-state index contributed by atoms with van der Waals surface area (Å²) in [4.78, 5) is 15.9. The first-order chi connectivity index (χ1) is 6.52. The molecule has 7 heteroatoms. The second-order valence-electron chi connectivity index (χ2n) is 2.98. The third-order valence-electron chi connectivity index (χ3n) is 1.82. The zero-order chi connectivity index (χ0) is 10.3. The number of carbonyl (C=O) groups is 1. The van der Waals surface area contributed by atoms with Gasteiger partial charge in [0.15, 0.2) is 16.6 Å². The number of nitrogens with zero attached hydrogens (tertiary/aromatic N) is 2. The Labute approximate surface area is 87.3 Å². The van der Waals surface area contributed by atoms with Crippen LogP contribution in [-0.2, 0) is 0 Å². The molecule has 0 saturated carbocycles. The van der Waals surface area contributed by atoms with Gasteiger partial charge in [-0.05, 0) is 0 Å². The molecule has 76 valence electrons. The van der Waals surface area contributed by atoms with E-state index in [0.717, 1.165) is 11.3 Å². The number of aromatic nitrogens is 1. The highest BCUT2D eigenvalue weighted by atomic mass is 35.5. The topological polar surface area (TPSA) is 33.2 Å². The van der Waals surface area contributed by atoms with Crippen LogP contribution in [0.4, 0.5) is 13.9 Å². The minimum atomic E-state index is -2.64. The summed E-state index contributed by atoms with van der Waals surface area (Å²) in [5.41, 5.74) is 0. The lowest BCUT2D eigenvalue weighted by atomic mass is 10.2. The van der Waals surface area contributed by atoms with Crippen LogP contribution in [0.1, 0.15) is 9.67 Å². The molecule has 0 aromatic carbocycles. The van der Waals surface area contributed by atoms with Gasteiger partial charge in [-0.3, -0.25) is 4.79 Å². The van der Waals surface area contributed by atoms with E-state index in [-0.39, 0.29) is 23.1 Å². The summed E-state index contributed by atoms with van der Waals surface area (Å²) >= 11 is 6.62. The van der Waals surface area contributed by atoms with Crippen molar-refractivity contribution in [2.24, 2.45) is 0 Å². The third-order valence-corrected chi connectivity index (χ3v) is 3.26. The molecule has 3 nitrogen and oxygen atoms in total. The highest BCUT2D eigenvalue weighted by molar-refractivity contribution is 7.17. The zero-order valence-corrected chi connectivity index (χ0v) is 8.41. The van der Waals surface area contributed by atoms with Gasteiger partial charge in [-0.1, -0.05) is 22.9 Å². The zero-order valence-electron chi connectivity index (χ0n) is 6.84. The Morgan fingerprint density at radius 3 is 2.64 bits per heavy atom. The quantitative estimate of drug-likeness (QED) is 0.740. The SMILES string of the molecule is O=Cc1sc(N2CC(F)(F)C2)nc1Cl. The number of hydrogen-bond acceptors (Lipinski definition) is 4. The van der Waals surface area contributed by atoms with Crippen molar-refractivity contribution in [2.45, 2.75) is 5.92 Å². The van der Waals surface area contributed by atoms with Crippen LogP contribution in [0.2, 0.25) is 5.15 Å². The minimum Gasteiger partial charge on any atom is -0.336 e. The number of anilines is 1. The fourth-order valence-corrected chi connectivity index (χ4v) is 2.22. The third kappa shape index (κ3) is 1.59. The number of thiazole rings is 1. The fourth-order valence-electron chi connectivity index (χ4n) is 1.16. The van der Waals surface area contributed by atoms with Gasteiger partial charge in [-0.2, -0.15) is 0 Å². The van der Waals surface area contributed by atoms with Crippen LogP contribution < -0.4 is 4.90 Å². The van der Waals surface area contributed by atoms with Gasteiger partial charge in [0.1, 0.15) is 4.88 Å². The Morgan fingerprint density at radius 1 is 1.57 bits per heavy atom. The van der Waals surface area contributed by atoms with E-state index >= 15 is 0 Å². The van der Waals surface area contributed by atoms with Crippen molar-refractivity contribution >= 4 is 34.4 Å². The Morgan fingerprint density at radius 2 is 2.21 bits per heavy atom. The summed E-state index contributed by atoms with van der Waals surface area (Å²) < 4.78 is 25.0. The highest BCUT2D eigenvalue weighted by Gasteiger charge is 2.45. The Bertz CT molecular complexity index is 374. The molecular weight excluding hydrogens is 234 g/mol. The van der Waals surface area contributed by atoms with E-state index in [0.29, 0.717) is 11.4 Å². The largest absolute Gasteiger partial charge is 0.336 e. The van der Waals surface area contributed by atoms with Gasteiger partial charge < -0.3 is 4.90 Å². The normalized spacial score (nSPS) is 19.2. The summed E-state index contributed by atoms with van der Waals surface area (Å²) in [6.07, 6.45) is 0.571. The van der Waals surface area contributed by atoms with E-state index in [9.17, 15) is 13.6 Å². The predicted octanol–water partition coefficient (Wildman–Crippen LogP) is 2.06. The van der Waals surface area contributed by atoms with Crippen LogP contribution in [0, 0.1) is 0 Å². The molecule has 1 aromatic heterocycles. The maximum Gasteiger partial charge on any atom is 0.282 e. The Kier molecular flexibility index (Phi) is 2.19. The first-order valence-corrected chi connectivity index (χ1v) is 4.95. The first-order valence-electron chi connectivity index (χ1n) is 3.76. The van der Waals surface area contributed by atoms with Gasteiger partial charge in [-0.25, -0.2) is 13.8 Å². The molecule has 1 saturated heterocycles. The lowest BCUT2D eigenvalue weighted by molar-refractivity contribution is -0.0262. The van der Waals surface area contributed by atoms with Gasteiger partial charge >= 0.3 is 0 Å².